The Balaban J connectivity index is -0.0000000522. The van der Waals surface area contributed by atoms with E-state index in [1.54, 1.807) is 0 Å². The topological polar surface area (TPSA) is 144 Å². The van der Waals surface area contributed by atoms with Crippen molar-refractivity contribution in [2.45, 2.75) is 13.8 Å². The second kappa shape index (κ2) is 18.0. The van der Waals surface area contributed by atoms with Crippen LogP contribution in [0.1, 0.15) is 13.8 Å². The monoisotopic (exact) mass is 299 g/mol. The number of carbonyl (C=O) groups excluding carboxylic acids is 2. The number of hydrogen-bond donors (Lipinski definition) is 2. The van der Waals surface area contributed by atoms with Crippen LogP contribution in [0.3, 0.4) is 0 Å². The molecule has 0 aliphatic rings. The van der Waals surface area contributed by atoms with Crippen LogP contribution >= 0.6 is 0 Å². The zero-order chi connectivity index (χ0) is 11.4. The van der Waals surface area contributed by atoms with Crippen LogP contribution in [0.2, 0.25) is 0 Å². The van der Waals surface area contributed by atoms with E-state index in [2.05, 4.69) is 5.73 Å². The molecule has 0 unspecified atom stereocenters. The van der Waals surface area contributed by atoms with E-state index >= 15 is 0 Å². The molecule has 0 aromatic heterocycles. The Kier molecular flexibility index (Phi) is 29.7. The summed E-state index contributed by atoms with van der Waals surface area (Å²) in [4.78, 5) is 27.0. The van der Waals surface area contributed by atoms with Gasteiger partial charge in [-0.05, 0) is 13.8 Å². The molecule has 8 heteroatoms. The van der Waals surface area contributed by atoms with E-state index in [4.69, 9.17) is 24.9 Å². The summed E-state index contributed by atoms with van der Waals surface area (Å²) in [5.41, 5.74) is 4.57. The zero-order valence-electron chi connectivity index (χ0n) is 7.59. The second-order valence-corrected chi connectivity index (χ2v) is 1.58. The van der Waals surface area contributed by atoms with E-state index in [1.807, 2.05) is 0 Å². The van der Waals surface area contributed by atoms with Crippen LogP contribution in [0.15, 0.2) is 0 Å². The van der Waals surface area contributed by atoms with Crippen LogP contribution in [0, 0.1) is 0 Å². The molecule has 0 aromatic rings. The van der Waals surface area contributed by atoms with Crippen molar-refractivity contribution in [3.63, 3.8) is 0 Å². The summed E-state index contributed by atoms with van der Waals surface area (Å²) in [6, 6.07) is 0. The second-order valence-electron chi connectivity index (χ2n) is 1.58. The Bertz CT molecular complexity index is 152. The number of carboxylic acids is 3. The predicted molar refractivity (Wildman–Crippen MR) is 38.1 cm³/mol. The van der Waals surface area contributed by atoms with Gasteiger partial charge >= 0.3 is 26.4 Å². The normalized spacial score (nSPS) is 6.21. The van der Waals surface area contributed by atoms with E-state index < -0.39 is 17.9 Å². The molecule has 0 aliphatic carbocycles. The number of carboxylic acid groups (broad SMARTS) is 3. The van der Waals surface area contributed by atoms with Crippen molar-refractivity contribution >= 4 is 17.9 Å². The van der Waals surface area contributed by atoms with E-state index in [0.717, 1.165) is 13.8 Å². The summed E-state index contributed by atoms with van der Waals surface area (Å²) in [5.74, 6) is -3.13. The quantitative estimate of drug-likeness (QED) is 0.479. The fraction of sp³-hybridized carbons (Fsp3) is 0.500. The van der Waals surface area contributed by atoms with Gasteiger partial charge < -0.3 is 30.6 Å². The molecule has 0 heterocycles. The van der Waals surface area contributed by atoms with E-state index in [-0.39, 0.29) is 27.0 Å². The first-order chi connectivity index (χ1) is 5.73. The van der Waals surface area contributed by atoms with Crippen LogP contribution in [0.4, 0.5) is 0 Å². The molecule has 14 heavy (non-hydrogen) atoms. The molecule has 7 nitrogen and oxygen atoms in total. The maximum Gasteiger partial charge on any atom is 2.00 e. The third-order valence-corrected chi connectivity index (χ3v) is 0.175. The van der Waals surface area contributed by atoms with Gasteiger partial charge in [0.1, 0.15) is 0 Å². The van der Waals surface area contributed by atoms with Crippen molar-refractivity contribution in [1.82, 2.24) is 0 Å². The minimum atomic E-state index is -1.08. The molecule has 0 atom stereocenters. The molecule has 86 valence electrons. The van der Waals surface area contributed by atoms with Crippen molar-refractivity contribution in [1.29, 1.82) is 0 Å². The SMILES string of the molecule is CC(=O)[O-].CC(=O)[O-].NCC(=O)O.[Pd+2]. The van der Waals surface area contributed by atoms with Gasteiger partial charge in [0.25, 0.3) is 0 Å². The summed E-state index contributed by atoms with van der Waals surface area (Å²) in [6.45, 7) is 1.67. The largest absolute Gasteiger partial charge is 2.00 e. The molecule has 0 saturated heterocycles. The van der Waals surface area contributed by atoms with Gasteiger partial charge in [-0.3, -0.25) is 4.79 Å². The molecule has 0 bridgehead atoms. The molecular weight excluding hydrogens is 288 g/mol. The van der Waals surface area contributed by atoms with Gasteiger partial charge in [0, 0.05) is 11.9 Å². The molecule has 3 N–H and O–H groups in total. The molecular formula is C6H11NO6Pd. The van der Waals surface area contributed by atoms with Crippen molar-refractivity contribution < 1.29 is 50.1 Å². The molecule has 0 rings (SSSR count). The third kappa shape index (κ3) is 1040. The molecule has 0 fully saturated rings. The van der Waals surface area contributed by atoms with Crippen LogP contribution in [-0.2, 0) is 34.8 Å². The number of hydrogen-bond acceptors (Lipinski definition) is 6. The Morgan fingerprint density at radius 3 is 1.21 bits per heavy atom. The fourth-order valence-corrected chi connectivity index (χ4v) is 0. The summed E-state index contributed by atoms with van der Waals surface area (Å²) in [7, 11) is 0. The summed E-state index contributed by atoms with van der Waals surface area (Å²) in [5, 5.41) is 25.4. The van der Waals surface area contributed by atoms with Crippen LogP contribution < -0.4 is 15.9 Å². The van der Waals surface area contributed by atoms with Crippen molar-refractivity contribution in [2.75, 3.05) is 6.54 Å². The number of aliphatic carboxylic acids is 3. The Morgan fingerprint density at radius 1 is 1.14 bits per heavy atom. The molecule has 0 radical (unpaired) electrons. The standard InChI is InChI=1S/C2H5NO2.2C2H4O2.Pd/c3-1-2(4)5;2*1-2(3)4;/h1,3H2,(H,4,5);2*1H3,(H,3,4);/q;;;+2/p-2. The maximum absolute atomic E-state index is 9.24. The van der Waals surface area contributed by atoms with Gasteiger partial charge in [-0.2, -0.15) is 0 Å². The Labute approximate surface area is 94.6 Å². The van der Waals surface area contributed by atoms with Crippen molar-refractivity contribution in [3.8, 4) is 0 Å². The first-order valence-electron chi connectivity index (χ1n) is 3.01. The number of nitrogens with two attached hydrogens (primary N) is 1. The third-order valence-electron chi connectivity index (χ3n) is 0.175. The van der Waals surface area contributed by atoms with Gasteiger partial charge in [-0.25, -0.2) is 0 Å². The first kappa shape index (κ1) is 23.1. The summed E-state index contributed by atoms with van der Waals surface area (Å²) in [6.07, 6.45) is 0. The van der Waals surface area contributed by atoms with Crippen LogP contribution in [0.25, 0.3) is 0 Å². The minimum Gasteiger partial charge on any atom is -0.550 e. The first-order valence-corrected chi connectivity index (χ1v) is 3.01. The average molecular weight is 300 g/mol. The van der Waals surface area contributed by atoms with Gasteiger partial charge in [-0.1, -0.05) is 0 Å². The molecule has 0 amide bonds. The average Bonchev–Trinajstić information content (AvgIpc) is 1.84. The Morgan fingerprint density at radius 2 is 1.21 bits per heavy atom. The predicted octanol–water partition coefficient (Wildman–Crippen LogP) is -3.46. The van der Waals surface area contributed by atoms with E-state index in [1.165, 1.54) is 0 Å². The summed E-state index contributed by atoms with van der Waals surface area (Å²) < 4.78 is 0. The minimum absolute atomic E-state index is 0. The fourth-order valence-electron chi connectivity index (χ4n) is 0. The van der Waals surface area contributed by atoms with Crippen LogP contribution in [-0.4, -0.2) is 29.6 Å². The van der Waals surface area contributed by atoms with Crippen LogP contribution in [0.5, 0.6) is 0 Å². The number of rotatable bonds is 1. The summed E-state index contributed by atoms with van der Waals surface area (Å²) >= 11 is 0. The van der Waals surface area contributed by atoms with Crippen molar-refractivity contribution in [2.24, 2.45) is 5.73 Å². The molecule has 0 spiro atoms. The molecule has 0 aromatic carbocycles. The Hall–Kier alpha value is -0.968. The van der Waals surface area contributed by atoms with E-state index in [9.17, 15) is 4.79 Å². The molecule has 0 saturated carbocycles. The van der Waals surface area contributed by atoms with Gasteiger partial charge in [0.15, 0.2) is 0 Å². The maximum atomic E-state index is 9.24. The smallest absolute Gasteiger partial charge is 0.550 e. The van der Waals surface area contributed by atoms with Crippen molar-refractivity contribution in [3.05, 3.63) is 0 Å². The zero-order valence-corrected chi connectivity index (χ0v) is 9.14. The molecule has 0 aliphatic heterocycles. The van der Waals surface area contributed by atoms with Gasteiger partial charge in [-0.15, -0.1) is 0 Å². The number of carbonyl (C=O) groups is 3. The van der Waals surface area contributed by atoms with E-state index in [0.29, 0.717) is 0 Å². The van der Waals surface area contributed by atoms with Gasteiger partial charge in [0.05, 0.1) is 6.54 Å². The van der Waals surface area contributed by atoms with Gasteiger partial charge in [0.2, 0.25) is 0 Å².